The highest BCUT2D eigenvalue weighted by atomic mass is 16.1. The lowest BCUT2D eigenvalue weighted by molar-refractivity contribution is -0.119. The number of nitrogens with one attached hydrogen (secondary N) is 1. The molecule has 1 radical (unpaired) electrons. The lowest BCUT2D eigenvalue weighted by Gasteiger charge is -2.28. The molecule has 2 rings (SSSR count). The summed E-state index contributed by atoms with van der Waals surface area (Å²) in [6, 6.07) is 9.89. The van der Waals surface area contributed by atoms with Gasteiger partial charge in [-0.3, -0.25) is 4.79 Å². The Balaban J connectivity index is 2.17. The average Bonchev–Trinajstić information content (AvgIpc) is 2.39. The number of amides is 1. The predicted molar refractivity (Wildman–Crippen MR) is 76.9 cm³/mol. The Bertz CT molecular complexity index is 527. The van der Waals surface area contributed by atoms with Gasteiger partial charge in [-0.25, -0.2) is 0 Å². The molecule has 0 heterocycles. The van der Waals surface area contributed by atoms with E-state index in [4.69, 9.17) is 5.73 Å². The predicted octanol–water partition coefficient (Wildman–Crippen LogP) is 2.41. The van der Waals surface area contributed by atoms with Crippen LogP contribution in [0.1, 0.15) is 25.8 Å². The highest BCUT2D eigenvalue weighted by Gasteiger charge is 2.25. The van der Waals surface area contributed by atoms with Crippen molar-refractivity contribution in [3.05, 3.63) is 65.7 Å². The molecule has 0 aliphatic heterocycles. The molecule has 0 unspecified atom stereocenters. The first-order chi connectivity index (χ1) is 9.00. The van der Waals surface area contributed by atoms with Crippen LogP contribution in [0.25, 0.3) is 0 Å². The Hall–Kier alpha value is -2.03. The molecule has 1 aromatic carbocycles. The number of carbonyl (C=O) groups is 1. The first-order valence-corrected chi connectivity index (χ1v) is 6.38. The maximum atomic E-state index is 12.3. The molecule has 0 saturated heterocycles. The highest BCUT2D eigenvalue weighted by Crippen LogP contribution is 2.22. The van der Waals surface area contributed by atoms with Crippen LogP contribution in [-0.2, 0) is 10.3 Å². The molecule has 19 heavy (non-hydrogen) atoms. The van der Waals surface area contributed by atoms with Crippen LogP contribution >= 0.6 is 0 Å². The lowest BCUT2D eigenvalue weighted by Crippen LogP contribution is -2.42. The monoisotopic (exact) mass is 255 g/mol. The zero-order chi connectivity index (χ0) is 13.9. The molecule has 1 aromatic rings. The third kappa shape index (κ3) is 3.05. The van der Waals surface area contributed by atoms with Crippen LogP contribution in [-0.4, -0.2) is 5.91 Å². The van der Waals surface area contributed by atoms with E-state index in [1.54, 1.807) is 6.08 Å². The smallest absolute Gasteiger partial charge is 0.250 e. The van der Waals surface area contributed by atoms with Crippen LogP contribution in [0, 0.1) is 6.42 Å². The van der Waals surface area contributed by atoms with E-state index in [0.717, 1.165) is 12.0 Å². The zero-order valence-corrected chi connectivity index (χ0v) is 11.3. The molecule has 3 nitrogen and oxygen atoms in total. The normalized spacial score (nSPS) is 15.5. The molecule has 1 aliphatic rings. The van der Waals surface area contributed by atoms with Gasteiger partial charge in [0.15, 0.2) is 0 Å². The zero-order valence-electron chi connectivity index (χ0n) is 11.3. The van der Waals surface area contributed by atoms with Crippen molar-refractivity contribution in [2.45, 2.75) is 25.8 Å². The molecule has 0 atom stereocenters. The van der Waals surface area contributed by atoms with Crippen LogP contribution in [0.2, 0.25) is 0 Å². The molecule has 0 fully saturated rings. The first kappa shape index (κ1) is 13.4. The molecule has 0 spiro atoms. The summed E-state index contributed by atoms with van der Waals surface area (Å²) in [7, 11) is 0. The largest absolute Gasteiger partial charge is 0.398 e. The summed E-state index contributed by atoms with van der Waals surface area (Å²) in [5, 5.41) is 3.03. The summed E-state index contributed by atoms with van der Waals surface area (Å²) in [6.45, 7) is 3.96. The summed E-state index contributed by atoms with van der Waals surface area (Å²) in [4.78, 5) is 12.3. The minimum Gasteiger partial charge on any atom is -0.398 e. The van der Waals surface area contributed by atoms with Crippen molar-refractivity contribution >= 4 is 5.91 Å². The number of hydrogen-bond acceptors (Lipinski definition) is 2. The first-order valence-electron chi connectivity index (χ1n) is 6.38. The van der Waals surface area contributed by atoms with Crippen molar-refractivity contribution in [3.63, 3.8) is 0 Å². The second kappa shape index (κ2) is 5.31. The molecule has 0 aromatic heterocycles. The van der Waals surface area contributed by atoms with E-state index in [9.17, 15) is 4.79 Å². The van der Waals surface area contributed by atoms with Crippen molar-refractivity contribution in [3.8, 4) is 0 Å². The van der Waals surface area contributed by atoms with Gasteiger partial charge in [0.05, 0.1) is 5.54 Å². The SMILES string of the molecule is CC(C)(NC(=O)C1=C(N)C=CC[CH]1)c1ccccc1. The Morgan fingerprint density at radius 3 is 2.58 bits per heavy atom. The molecule has 1 amide bonds. The van der Waals surface area contributed by atoms with Crippen molar-refractivity contribution in [1.29, 1.82) is 0 Å². The van der Waals surface area contributed by atoms with Gasteiger partial charge in [-0.15, -0.1) is 0 Å². The highest BCUT2D eigenvalue weighted by molar-refractivity contribution is 5.97. The minimum atomic E-state index is -0.430. The van der Waals surface area contributed by atoms with E-state index < -0.39 is 5.54 Å². The number of hydrogen-bond donors (Lipinski definition) is 2. The van der Waals surface area contributed by atoms with Crippen LogP contribution in [0.15, 0.2) is 53.8 Å². The van der Waals surface area contributed by atoms with E-state index in [1.165, 1.54) is 0 Å². The Kier molecular flexibility index (Phi) is 3.74. The summed E-state index contributed by atoms with van der Waals surface area (Å²) in [5.41, 5.74) is 7.55. The second-order valence-corrected chi connectivity index (χ2v) is 5.16. The van der Waals surface area contributed by atoms with Crippen molar-refractivity contribution < 1.29 is 4.79 Å². The van der Waals surface area contributed by atoms with Crippen LogP contribution in [0.3, 0.4) is 0 Å². The Morgan fingerprint density at radius 2 is 1.95 bits per heavy atom. The van der Waals surface area contributed by atoms with Gasteiger partial charge in [0, 0.05) is 17.7 Å². The maximum Gasteiger partial charge on any atom is 0.250 e. The van der Waals surface area contributed by atoms with Crippen LogP contribution < -0.4 is 11.1 Å². The fourth-order valence-electron chi connectivity index (χ4n) is 2.09. The van der Waals surface area contributed by atoms with Crippen molar-refractivity contribution in [2.24, 2.45) is 5.73 Å². The molecule has 1 aliphatic carbocycles. The van der Waals surface area contributed by atoms with Crippen molar-refractivity contribution in [1.82, 2.24) is 5.32 Å². The summed E-state index contributed by atoms with van der Waals surface area (Å²) >= 11 is 0. The minimum absolute atomic E-state index is 0.129. The maximum absolute atomic E-state index is 12.3. The van der Waals surface area contributed by atoms with E-state index in [-0.39, 0.29) is 5.91 Å². The van der Waals surface area contributed by atoms with Gasteiger partial charge < -0.3 is 11.1 Å². The lowest BCUT2D eigenvalue weighted by atomic mass is 9.93. The summed E-state index contributed by atoms with van der Waals surface area (Å²) < 4.78 is 0. The molecule has 3 heteroatoms. The third-order valence-corrected chi connectivity index (χ3v) is 3.23. The second-order valence-electron chi connectivity index (χ2n) is 5.16. The standard InChI is InChI=1S/C16H19N2O/c1-16(2,12-8-4-3-5-9-12)18-15(19)13-10-6-7-11-14(13)17/h3-5,7-11H,6,17H2,1-2H3,(H,18,19). The summed E-state index contributed by atoms with van der Waals surface area (Å²) in [6.07, 6.45) is 6.32. The Labute approximate surface area is 114 Å². The van der Waals surface area contributed by atoms with E-state index >= 15 is 0 Å². The van der Waals surface area contributed by atoms with Gasteiger partial charge in [0.1, 0.15) is 0 Å². The third-order valence-electron chi connectivity index (χ3n) is 3.23. The Morgan fingerprint density at radius 1 is 1.26 bits per heavy atom. The van der Waals surface area contributed by atoms with E-state index in [1.807, 2.05) is 56.7 Å². The number of carbonyl (C=O) groups excluding carboxylic acids is 1. The number of allylic oxidation sites excluding steroid dienone is 2. The topological polar surface area (TPSA) is 55.1 Å². The van der Waals surface area contributed by atoms with Crippen LogP contribution in [0.5, 0.6) is 0 Å². The number of benzene rings is 1. The van der Waals surface area contributed by atoms with Gasteiger partial charge in [-0.05, 0) is 31.9 Å². The molecule has 0 bridgehead atoms. The van der Waals surface area contributed by atoms with E-state index in [2.05, 4.69) is 5.32 Å². The fourth-order valence-corrected chi connectivity index (χ4v) is 2.09. The van der Waals surface area contributed by atoms with Gasteiger partial charge in [-0.2, -0.15) is 0 Å². The average molecular weight is 255 g/mol. The van der Waals surface area contributed by atoms with Gasteiger partial charge in [0.2, 0.25) is 5.91 Å². The van der Waals surface area contributed by atoms with Crippen molar-refractivity contribution in [2.75, 3.05) is 0 Å². The molecule has 99 valence electrons. The van der Waals surface area contributed by atoms with E-state index in [0.29, 0.717) is 11.3 Å². The quantitative estimate of drug-likeness (QED) is 0.871. The number of rotatable bonds is 3. The molecule has 0 saturated carbocycles. The molecular formula is C16H19N2O. The van der Waals surface area contributed by atoms with Crippen LogP contribution in [0.4, 0.5) is 0 Å². The molecular weight excluding hydrogens is 236 g/mol. The van der Waals surface area contributed by atoms with Gasteiger partial charge in [-0.1, -0.05) is 36.4 Å². The fraction of sp³-hybridized carbons (Fsp3) is 0.250. The van der Waals surface area contributed by atoms with Gasteiger partial charge in [0.25, 0.3) is 0 Å². The van der Waals surface area contributed by atoms with Gasteiger partial charge >= 0.3 is 0 Å². The summed E-state index contributed by atoms with van der Waals surface area (Å²) in [5.74, 6) is -0.129. The molecule has 3 N–H and O–H groups in total. The number of nitrogens with two attached hydrogens (primary N) is 1.